The van der Waals surface area contributed by atoms with Crippen molar-refractivity contribution in [1.82, 2.24) is 0 Å². The summed E-state index contributed by atoms with van der Waals surface area (Å²) in [5, 5.41) is 0. The Morgan fingerprint density at radius 2 is 1.73 bits per heavy atom. The Morgan fingerprint density at radius 1 is 1.27 bits per heavy atom. The van der Waals surface area contributed by atoms with Crippen molar-refractivity contribution in [2.45, 2.75) is 46.0 Å². The van der Waals surface area contributed by atoms with E-state index in [-0.39, 0.29) is 0 Å². The van der Waals surface area contributed by atoms with Crippen LogP contribution < -0.4 is 5.73 Å². The minimum absolute atomic E-state index is 0.332. The first kappa shape index (κ1) is 11.0. The van der Waals surface area contributed by atoms with Gasteiger partial charge in [0.1, 0.15) is 7.85 Å². The Hall–Kier alpha value is 0.0249. The zero-order valence-corrected chi connectivity index (χ0v) is 8.59. The maximum Gasteiger partial charge on any atom is 0.107 e. The van der Waals surface area contributed by atoms with Crippen LogP contribution in [-0.4, -0.2) is 13.9 Å². The first-order valence-corrected chi connectivity index (χ1v) is 4.76. The molecule has 0 aliphatic rings. The number of hydrogen-bond donors (Lipinski definition) is 1. The normalized spacial score (nSPS) is 22.3. The van der Waals surface area contributed by atoms with E-state index >= 15 is 0 Å². The van der Waals surface area contributed by atoms with E-state index in [2.05, 4.69) is 35.5 Å². The highest BCUT2D eigenvalue weighted by molar-refractivity contribution is 6.12. The lowest BCUT2D eigenvalue weighted by Crippen LogP contribution is -2.29. The van der Waals surface area contributed by atoms with Crippen LogP contribution in [0.1, 0.15) is 34.1 Å². The van der Waals surface area contributed by atoms with Gasteiger partial charge in [0, 0.05) is 0 Å². The zero-order valence-electron chi connectivity index (χ0n) is 8.59. The highest BCUT2D eigenvalue weighted by Gasteiger charge is 2.20. The summed E-state index contributed by atoms with van der Waals surface area (Å²) < 4.78 is 0. The lowest BCUT2D eigenvalue weighted by atomic mass is 9.68. The summed E-state index contributed by atoms with van der Waals surface area (Å²) in [5.74, 6) is 2.20. The molecule has 0 aromatic rings. The molecule has 4 atom stereocenters. The van der Waals surface area contributed by atoms with Crippen molar-refractivity contribution in [3.63, 3.8) is 0 Å². The molecule has 0 spiro atoms. The molecule has 66 valence electrons. The van der Waals surface area contributed by atoms with Crippen LogP contribution in [0.3, 0.4) is 0 Å². The number of nitrogens with two attached hydrogens (primary N) is 1. The Morgan fingerprint density at radius 3 is 2.00 bits per heavy atom. The van der Waals surface area contributed by atoms with Gasteiger partial charge in [-0.05, 0) is 17.9 Å². The zero-order chi connectivity index (χ0) is 9.02. The van der Waals surface area contributed by atoms with E-state index in [1.54, 1.807) is 0 Å². The summed E-state index contributed by atoms with van der Waals surface area (Å²) in [7, 11) is 2.25. The van der Waals surface area contributed by atoms with Crippen LogP contribution in [0.15, 0.2) is 0 Å². The first-order valence-electron chi connectivity index (χ1n) is 4.76. The van der Waals surface area contributed by atoms with Gasteiger partial charge in [0.25, 0.3) is 0 Å². The molecule has 0 amide bonds. The molecule has 11 heavy (non-hydrogen) atoms. The summed E-state index contributed by atoms with van der Waals surface area (Å²) >= 11 is 0. The lowest BCUT2D eigenvalue weighted by molar-refractivity contribution is 0.337. The average molecular weight is 155 g/mol. The molecule has 0 rings (SSSR count). The highest BCUT2D eigenvalue weighted by atomic mass is 14.6. The van der Waals surface area contributed by atoms with Gasteiger partial charge < -0.3 is 5.73 Å². The molecule has 0 heterocycles. The van der Waals surface area contributed by atoms with Gasteiger partial charge in [0.05, 0.1) is 0 Å². The minimum Gasteiger partial charge on any atom is -0.328 e. The predicted molar refractivity (Wildman–Crippen MR) is 54.6 cm³/mol. The SMILES string of the molecule is BC(C(C)N)C(C)C(C)CC. The third-order valence-corrected chi connectivity index (χ3v) is 3.20. The molecule has 1 nitrogen and oxygen atoms in total. The second kappa shape index (κ2) is 4.81. The van der Waals surface area contributed by atoms with Gasteiger partial charge in [-0.1, -0.05) is 39.9 Å². The number of rotatable bonds is 4. The second-order valence-electron chi connectivity index (χ2n) is 3.96. The Kier molecular flexibility index (Phi) is 4.82. The first-order chi connectivity index (χ1) is 5.00. The summed E-state index contributed by atoms with van der Waals surface area (Å²) in [6, 6.07) is 0.332. The average Bonchev–Trinajstić information content (AvgIpc) is 2.00. The van der Waals surface area contributed by atoms with Gasteiger partial charge in [-0.25, -0.2) is 0 Å². The standard InChI is InChI=1S/C9H22BN/c1-5-6(2)7(3)9(10)8(4)11/h6-9H,5,10-11H2,1-4H3. The number of hydrogen-bond acceptors (Lipinski definition) is 1. The van der Waals surface area contributed by atoms with Gasteiger partial charge in [-0.15, -0.1) is 0 Å². The molecule has 0 saturated heterocycles. The fraction of sp³-hybridized carbons (Fsp3) is 1.00. The molecule has 0 aromatic heterocycles. The van der Waals surface area contributed by atoms with Crippen molar-refractivity contribution >= 4 is 7.85 Å². The van der Waals surface area contributed by atoms with E-state index in [1.165, 1.54) is 6.42 Å². The van der Waals surface area contributed by atoms with Gasteiger partial charge in [0.2, 0.25) is 0 Å². The van der Waals surface area contributed by atoms with Crippen molar-refractivity contribution in [3.05, 3.63) is 0 Å². The molecular weight excluding hydrogens is 133 g/mol. The summed E-state index contributed by atoms with van der Waals surface area (Å²) in [5.41, 5.74) is 5.83. The van der Waals surface area contributed by atoms with Gasteiger partial charge in [-0.3, -0.25) is 0 Å². The quantitative estimate of drug-likeness (QED) is 0.610. The third kappa shape index (κ3) is 3.28. The fourth-order valence-electron chi connectivity index (χ4n) is 1.37. The van der Waals surface area contributed by atoms with Crippen molar-refractivity contribution in [3.8, 4) is 0 Å². The molecule has 0 saturated carbocycles. The summed E-state index contributed by atoms with van der Waals surface area (Å²) in [6.45, 7) is 8.96. The van der Waals surface area contributed by atoms with Crippen LogP contribution in [0.4, 0.5) is 0 Å². The van der Waals surface area contributed by atoms with Gasteiger partial charge in [-0.2, -0.15) is 0 Å². The lowest BCUT2D eigenvalue weighted by Gasteiger charge is -2.28. The van der Waals surface area contributed by atoms with E-state index in [1.807, 2.05) is 0 Å². The molecule has 0 aromatic carbocycles. The van der Waals surface area contributed by atoms with Crippen LogP contribution in [0.5, 0.6) is 0 Å². The smallest absolute Gasteiger partial charge is 0.107 e. The fourth-order valence-corrected chi connectivity index (χ4v) is 1.37. The van der Waals surface area contributed by atoms with E-state index in [4.69, 9.17) is 5.73 Å². The molecule has 2 N–H and O–H groups in total. The van der Waals surface area contributed by atoms with Crippen molar-refractivity contribution in [1.29, 1.82) is 0 Å². The van der Waals surface area contributed by atoms with Crippen LogP contribution in [0.25, 0.3) is 0 Å². The molecule has 0 bridgehead atoms. The maximum absolute atomic E-state index is 5.83. The third-order valence-electron chi connectivity index (χ3n) is 3.20. The minimum atomic E-state index is 0.332. The van der Waals surface area contributed by atoms with E-state index in [9.17, 15) is 0 Å². The Bertz CT molecular complexity index is 104. The largest absolute Gasteiger partial charge is 0.328 e. The van der Waals surface area contributed by atoms with Crippen molar-refractivity contribution in [2.24, 2.45) is 17.6 Å². The molecular formula is C9H22BN. The van der Waals surface area contributed by atoms with Gasteiger partial charge >= 0.3 is 0 Å². The van der Waals surface area contributed by atoms with Gasteiger partial charge in [0.15, 0.2) is 0 Å². The second-order valence-corrected chi connectivity index (χ2v) is 3.96. The van der Waals surface area contributed by atoms with Crippen molar-refractivity contribution in [2.75, 3.05) is 0 Å². The predicted octanol–water partition coefficient (Wildman–Crippen LogP) is 1.44. The Labute approximate surface area is 72.2 Å². The molecule has 4 unspecified atom stereocenters. The highest BCUT2D eigenvalue weighted by Crippen LogP contribution is 2.26. The van der Waals surface area contributed by atoms with E-state index in [0.29, 0.717) is 11.9 Å². The van der Waals surface area contributed by atoms with Crippen LogP contribution >= 0.6 is 0 Å². The molecule has 0 aliphatic heterocycles. The summed E-state index contributed by atoms with van der Waals surface area (Å²) in [4.78, 5) is 0. The van der Waals surface area contributed by atoms with E-state index in [0.717, 1.165) is 11.8 Å². The van der Waals surface area contributed by atoms with Crippen molar-refractivity contribution < 1.29 is 0 Å². The monoisotopic (exact) mass is 155 g/mol. The molecule has 0 radical (unpaired) electrons. The van der Waals surface area contributed by atoms with Crippen LogP contribution in [0, 0.1) is 11.8 Å². The van der Waals surface area contributed by atoms with Crippen LogP contribution in [-0.2, 0) is 0 Å². The molecule has 0 fully saturated rings. The van der Waals surface area contributed by atoms with E-state index < -0.39 is 0 Å². The van der Waals surface area contributed by atoms with Crippen LogP contribution in [0.2, 0.25) is 5.82 Å². The summed E-state index contributed by atoms with van der Waals surface area (Å²) in [6.07, 6.45) is 1.26. The topological polar surface area (TPSA) is 26.0 Å². The maximum atomic E-state index is 5.83. The Balaban J connectivity index is 3.90. The molecule has 0 aliphatic carbocycles. The molecule has 2 heteroatoms.